The second kappa shape index (κ2) is 5.89. The van der Waals surface area contributed by atoms with Crippen LogP contribution in [0.2, 0.25) is 0 Å². The Kier molecular flexibility index (Phi) is 4.24. The molecule has 0 bridgehead atoms. The van der Waals surface area contributed by atoms with E-state index in [1.54, 1.807) is 6.07 Å². The Morgan fingerprint density at radius 3 is 2.72 bits per heavy atom. The molecule has 0 aromatic heterocycles. The number of methoxy groups -OCH3 is 1. The monoisotopic (exact) mass is 248 g/mol. The lowest BCUT2D eigenvalue weighted by atomic mass is 9.97. The first-order valence-corrected chi connectivity index (χ1v) is 6.60. The molecule has 1 aromatic carbocycles. The van der Waals surface area contributed by atoms with Crippen molar-refractivity contribution in [1.82, 2.24) is 0 Å². The molecular formula is C15H20O3. The van der Waals surface area contributed by atoms with Crippen LogP contribution in [-0.4, -0.2) is 18.2 Å². The van der Waals surface area contributed by atoms with Crippen molar-refractivity contribution in [3.63, 3.8) is 0 Å². The van der Waals surface area contributed by atoms with E-state index in [0.717, 1.165) is 24.3 Å². The zero-order valence-corrected chi connectivity index (χ0v) is 10.8. The number of carbonyl (C=O) groups is 1. The van der Waals surface area contributed by atoms with Crippen LogP contribution in [0.4, 0.5) is 0 Å². The molecule has 0 unspecified atom stereocenters. The first-order chi connectivity index (χ1) is 8.69. The molecule has 0 amide bonds. The van der Waals surface area contributed by atoms with Crippen LogP contribution < -0.4 is 0 Å². The van der Waals surface area contributed by atoms with Gasteiger partial charge in [-0.05, 0) is 42.5 Å². The summed E-state index contributed by atoms with van der Waals surface area (Å²) in [4.78, 5) is 11.4. The van der Waals surface area contributed by atoms with Gasteiger partial charge in [-0.25, -0.2) is 4.79 Å². The number of hydrogen-bond acceptors (Lipinski definition) is 3. The summed E-state index contributed by atoms with van der Waals surface area (Å²) in [6.07, 6.45) is 7.40. The van der Waals surface area contributed by atoms with Crippen LogP contribution in [0.1, 0.15) is 48.0 Å². The maximum Gasteiger partial charge on any atom is 0.337 e. The van der Waals surface area contributed by atoms with E-state index in [2.05, 4.69) is 4.74 Å². The van der Waals surface area contributed by atoms with E-state index < -0.39 is 5.97 Å². The molecule has 0 spiro atoms. The van der Waals surface area contributed by atoms with Gasteiger partial charge < -0.3 is 9.84 Å². The normalized spacial score (nSPS) is 15.8. The third-order valence-corrected chi connectivity index (χ3v) is 3.71. The number of carbonyl (C=O) groups excluding carboxylic acids is 1. The summed E-state index contributed by atoms with van der Waals surface area (Å²) >= 11 is 0. The number of esters is 1. The van der Waals surface area contributed by atoms with Gasteiger partial charge in [-0.1, -0.05) is 25.7 Å². The van der Waals surface area contributed by atoms with Crippen LogP contribution in [-0.2, 0) is 11.2 Å². The van der Waals surface area contributed by atoms with Crippen LogP contribution in [0, 0.1) is 5.92 Å². The maximum atomic E-state index is 11.4. The summed E-state index contributed by atoms with van der Waals surface area (Å²) in [6.45, 7) is 0. The molecule has 1 N–H and O–H groups in total. The summed E-state index contributed by atoms with van der Waals surface area (Å²) in [7, 11) is 1.35. The number of rotatable bonds is 4. The largest absolute Gasteiger partial charge is 0.508 e. The minimum Gasteiger partial charge on any atom is -0.508 e. The fourth-order valence-electron chi connectivity index (χ4n) is 2.72. The van der Waals surface area contributed by atoms with Gasteiger partial charge in [0.2, 0.25) is 0 Å². The number of aryl methyl sites for hydroxylation is 1. The quantitative estimate of drug-likeness (QED) is 0.831. The SMILES string of the molecule is COC(=O)c1cc(O)cc(CCC2CCCC2)c1. The number of phenols is 1. The Morgan fingerprint density at radius 2 is 2.06 bits per heavy atom. The third-order valence-electron chi connectivity index (χ3n) is 3.71. The van der Waals surface area contributed by atoms with Crippen molar-refractivity contribution in [2.45, 2.75) is 38.5 Å². The zero-order valence-electron chi connectivity index (χ0n) is 10.8. The van der Waals surface area contributed by atoms with Crippen LogP contribution in [0.3, 0.4) is 0 Å². The summed E-state index contributed by atoms with van der Waals surface area (Å²) in [5.74, 6) is 0.557. The summed E-state index contributed by atoms with van der Waals surface area (Å²) in [6, 6.07) is 5.01. The van der Waals surface area contributed by atoms with Gasteiger partial charge >= 0.3 is 5.97 Å². The van der Waals surface area contributed by atoms with Crippen LogP contribution in [0.5, 0.6) is 5.75 Å². The first kappa shape index (κ1) is 12.9. The van der Waals surface area contributed by atoms with Crippen molar-refractivity contribution in [3.05, 3.63) is 29.3 Å². The topological polar surface area (TPSA) is 46.5 Å². The molecule has 1 aliphatic rings. The minimum absolute atomic E-state index is 0.138. The van der Waals surface area contributed by atoms with E-state index in [1.807, 2.05) is 6.07 Å². The Balaban J connectivity index is 2.02. The van der Waals surface area contributed by atoms with Crippen LogP contribution >= 0.6 is 0 Å². The number of hydrogen-bond donors (Lipinski definition) is 1. The summed E-state index contributed by atoms with van der Waals surface area (Å²) in [5.41, 5.74) is 1.45. The molecule has 3 nitrogen and oxygen atoms in total. The van der Waals surface area contributed by atoms with Gasteiger partial charge in [0, 0.05) is 0 Å². The van der Waals surface area contributed by atoms with Gasteiger partial charge in [-0.3, -0.25) is 0 Å². The van der Waals surface area contributed by atoms with Gasteiger partial charge in [0.1, 0.15) is 5.75 Å². The molecule has 2 rings (SSSR count). The van der Waals surface area contributed by atoms with E-state index >= 15 is 0 Å². The van der Waals surface area contributed by atoms with E-state index in [1.165, 1.54) is 38.9 Å². The van der Waals surface area contributed by atoms with Crippen LogP contribution in [0.15, 0.2) is 18.2 Å². The predicted octanol–water partition coefficient (Wildman–Crippen LogP) is 3.30. The van der Waals surface area contributed by atoms with E-state index in [4.69, 9.17) is 0 Å². The predicted molar refractivity (Wildman–Crippen MR) is 69.7 cm³/mol. The lowest BCUT2D eigenvalue weighted by Gasteiger charge is -2.10. The molecule has 0 aliphatic heterocycles. The Labute approximate surface area is 108 Å². The lowest BCUT2D eigenvalue weighted by Crippen LogP contribution is -2.03. The number of ether oxygens (including phenoxy) is 1. The lowest BCUT2D eigenvalue weighted by molar-refractivity contribution is 0.0600. The van der Waals surface area contributed by atoms with Crippen molar-refractivity contribution in [1.29, 1.82) is 0 Å². The van der Waals surface area contributed by atoms with Gasteiger partial charge in [0.15, 0.2) is 0 Å². The molecule has 0 atom stereocenters. The van der Waals surface area contributed by atoms with E-state index in [9.17, 15) is 9.90 Å². The molecule has 1 saturated carbocycles. The minimum atomic E-state index is -0.395. The highest BCUT2D eigenvalue weighted by Crippen LogP contribution is 2.29. The second-order valence-electron chi connectivity index (χ2n) is 5.07. The molecule has 0 heterocycles. The van der Waals surface area contributed by atoms with Gasteiger partial charge in [0.25, 0.3) is 0 Å². The Hall–Kier alpha value is -1.51. The van der Waals surface area contributed by atoms with Crippen molar-refractivity contribution >= 4 is 5.97 Å². The molecule has 1 aromatic rings. The Bertz CT molecular complexity index is 420. The fraction of sp³-hybridized carbons (Fsp3) is 0.533. The highest BCUT2D eigenvalue weighted by molar-refractivity contribution is 5.90. The average molecular weight is 248 g/mol. The zero-order chi connectivity index (χ0) is 13.0. The number of phenolic OH excluding ortho intramolecular Hbond substituents is 1. The second-order valence-corrected chi connectivity index (χ2v) is 5.07. The summed E-state index contributed by atoms with van der Waals surface area (Å²) in [5, 5.41) is 9.62. The highest BCUT2D eigenvalue weighted by Gasteiger charge is 2.15. The van der Waals surface area contributed by atoms with Crippen molar-refractivity contribution < 1.29 is 14.6 Å². The molecule has 98 valence electrons. The first-order valence-electron chi connectivity index (χ1n) is 6.60. The molecule has 3 heteroatoms. The van der Waals surface area contributed by atoms with Crippen LogP contribution in [0.25, 0.3) is 0 Å². The smallest absolute Gasteiger partial charge is 0.337 e. The fourth-order valence-corrected chi connectivity index (χ4v) is 2.72. The average Bonchev–Trinajstić information content (AvgIpc) is 2.88. The number of benzene rings is 1. The standard InChI is InChI=1S/C15H20O3/c1-18-15(17)13-8-12(9-14(16)10-13)7-6-11-4-2-3-5-11/h8-11,16H,2-7H2,1H3. The van der Waals surface area contributed by atoms with Gasteiger partial charge in [-0.2, -0.15) is 0 Å². The van der Waals surface area contributed by atoms with Crippen molar-refractivity contribution in [2.75, 3.05) is 7.11 Å². The van der Waals surface area contributed by atoms with Crippen molar-refractivity contribution in [3.8, 4) is 5.75 Å². The maximum absolute atomic E-state index is 11.4. The third kappa shape index (κ3) is 3.25. The molecule has 0 saturated heterocycles. The molecule has 0 radical (unpaired) electrons. The molecule has 1 fully saturated rings. The van der Waals surface area contributed by atoms with Gasteiger partial charge in [-0.15, -0.1) is 0 Å². The molecule has 18 heavy (non-hydrogen) atoms. The molecule has 1 aliphatic carbocycles. The number of aromatic hydroxyl groups is 1. The Morgan fingerprint density at radius 1 is 1.33 bits per heavy atom. The van der Waals surface area contributed by atoms with E-state index in [-0.39, 0.29) is 5.75 Å². The van der Waals surface area contributed by atoms with E-state index in [0.29, 0.717) is 5.56 Å². The van der Waals surface area contributed by atoms with Gasteiger partial charge in [0.05, 0.1) is 12.7 Å². The highest BCUT2D eigenvalue weighted by atomic mass is 16.5. The van der Waals surface area contributed by atoms with Crippen molar-refractivity contribution in [2.24, 2.45) is 5.92 Å². The molecular weight excluding hydrogens is 228 g/mol. The summed E-state index contributed by atoms with van der Waals surface area (Å²) < 4.78 is 4.67.